The first kappa shape index (κ1) is 13.4. The molecule has 1 unspecified atom stereocenters. The molecule has 1 aliphatic rings. The molecule has 0 saturated carbocycles. The van der Waals surface area contributed by atoms with Crippen molar-refractivity contribution in [1.82, 2.24) is 10.6 Å². The number of hydrogen-bond donors (Lipinski definition) is 3. The van der Waals surface area contributed by atoms with Gasteiger partial charge < -0.3 is 16.0 Å². The van der Waals surface area contributed by atoms with Crippen molar-refractivity contribution in [2.75, 3.05) is 18.4 Å². The molecule has 2 amide bonds. The highest BCUT2D eigenvalue weighted by Crippen LogP contribution is 2.23. The lowest BCUT2D eigenvalue weighted by Gasteiger charge is -2.13. The maximum Gasteiger partial charge on any atom is 0.251 e. The minimum Gasteiger partial charge on any atom is -0.384 e. The second-order valence-corrected chi connectivity index (χ2v) is 4.64. The molecule has 0 saturated heterocycles. The summed E-state index contributed by atoms with van der Waals surface area (Å²) in [5.41, 5.74) is 2.82. The van der Waals surface area contributed by atoms with Gasteiger partial charge in [-0.2, -0.15) is 0 Å². The summed E-state index contributed by atoms with van der Waals surface area (Å²) in [6, 6.07) is 5.06. The number of amides is 2. The van der Waals surface area contributed by atoms with E-state index in [1.54, 1.807) is 13.0 Å². The summed E-state index contributed by atoms with van der Waals surface area (Å²) >= 11 is 0. The molecule has 2 rings (SSSR count). The van der Waals surface area contributed by atoms with Crippen LogP contribution >= 0.6 is 0 Å². The Balaban J connectivity index is 2.02. The quantitative estimate of drug-likeness (QED) is 0.754. The lowest BCUT2D eigenvalue weighted by molar-refractivity contribution is -0.122. The van der Waals surface area contributed by atoms with Crippen LogP contribution in [0.5, 0.6) is 0 Å². The van der Waals surface area contributed by atoms with Gasteiger partial charge in [-0.05, 0) is 38.0 Å². The number of carbonyl (C=O) groups is 2. The van der Waals surface area contributed by atoms with Crippen LogP contribution in [0.3, 0.4) is 0 Å². The highest BCUT2D eigenvalue weighted by Gasteiger charge is 2.17. The third kappa shape index (κ3) is 3.05. The van der Waals surface area contributed by atoms with Crippen LogP contribution in [0.1, 0.15) is 29.8 Å². The Morgan fingerprint density at radius 3 is 2.95 bits per heavy atom. The van der Waals surface area contributed by atoms with Crippen LogP contribution in [0.15, 0.2) is 18.2 Å². The Bertz CT molecular complexity index is 499. The van der Waals surface area contributed by atoms with Crippen molar-refractivity contribution in [2.24, 2.45) is 0 Å². The van der Waals surface area contributed by atoms with Crippen molar-refractivity contribution in [3.8, 4) is 0 Å². The highest BCUT2D eigenvalue weighted by molar-refractivity contribution is 5.98. The molecular formula is C14H19N3O2. The van der Waals surface area contributed by atoms with Gasteiger partial charge in [0.15, 0.2) is 0 Å². The van der Waals surface area contributed by atoms with Crippen LogP contribution in [0.4, 0.5) is 5.69 Å². The van der Waals surface area contributed by atoms with Crippen molar-refractivity contribution in [3.05, 3.63) is 29.3 Å². The van der Waals surface area contributed by atoms with E-state index in [1.807, 2.05) is 19.1 Å². The summed E-state index contributed by atoms with van der Waals surface area (Å²) in [6.45, 7) is 4.99. The van der Waals surface area contributed by atoms with Crippen LogP contribution in [0, 0.1) is 0 Å². The Labute approximate surface area is 112 Å². The van der Waals surface area contributed by atoms with Crippen molar-refractivity contribution < 1.29 is 9.59 Å². The Hall–Kier alpha value is -2.04. The molecular weight excluding hydrogens is 242 g/mol. The van der Waals surface area contributed by atoms with E-state index in [-0.39, 0.29) is 11.8 Å². The number of hydrogen-bond acceptors (Lipinski definition) is 3. The molecule has 3 N–H and O–H groups in total. The van der Waals surface area contributed by atoms with Crippen LogP contribution in [-0.4, -0.2) is 30.9 Å². The van der Waals surface area contributed by atoms with Crippen LogP contribution in [-0.2, 0) is 11.2 Å². The van der Waals surface area contributed by atoms with E-state index in [9.17, 15) is 9.59 Å². The van der Waals surface area contributed by atoms with Gasteiger partial charge in [0.2, 0.25) is 5.91 Å². The molecule has 1 atom stereocenters. The van der Waals surface area contributed by atoms with Crippen LogP contribution in [0.2, 0.25) is 0 Å². The molecule has 5 nitrogen and oxygen atoms in total. The molecule has 0 bridgehead atoms. The van der Waals surface area contributed by atoms with Gasteiger partial charge in [0, 0.05) is 24.3 Å². The average molecular weight is 261 g/mol. The fraction of sp³-hybridized carbons (Fsp3) is 0.429. The molecule has 1 aliphatic heterocycles. The molecule has 0 fully saturated rings. The Morgan fingerprint density at radius 2 is 2.21 bits per heavy atom. The van der Waals surface area contributed by atoms with E-state index in [0.29, 0.717) is 12.1 Å². The predicted molar refractivity (Wildman–Crippen MR) is 74.2 cm³/mol. The molecule has 0 spiro atoms. The average Bonchev–Trinajstić information content (AvgIpc) is 2.85. The zero-order chi connectivity index (χ0) is 13.8. The van der Waals surface area contributed by atoms with Crippen molar-refractivity contribution in [1.29, 1.82) is 0 Å². The predicted octanol–water partition coefficient (Wildman–Crippen LogP) is 0.909. The molecule has 1 heterocycles. The van der Waals surface area contributed by atoms with Crippen LogP contribution in [0.25, 0.3) is 0 Å². The van der Waals surface area contributed by atoms with E-state index in [0.717, 1.165) is 18.7 Å². The zero-order valence-electron chi connectivity index (χ0n) is 11.2. The summed E-state index contributed by atoms with van der Waals surface area (Å²) in [5.74, 6) is -0.398. The van der Waals surface area contributed by atoms with Crippen molar-refractivity contribution in [2.45, 2.75) is 26.3 Å². The molecule has 19 heavy (non-hydrogen) atoms. The number of carbonyl (C=O) groups excluding carboxylic acids is 2. The number of benzene rings is 1. The van der Waals surface area contributed by atoms with E-state index < -0.39 is 6.04 Å². The van der Waals surface area contributed by atoms with Gasteiger partial charge in [-0.1, -0.05) is 6.07 Å². The number of likely N-dealkylation sites (N-methyl/N-ethyl adjacent to an activating group) is 1. The van der Waals surface area contributed by atoms with Gasteiger partial charge in [-0.25, -0.2) is 0 Å². The van der Waals surface area contributed by atoms with Crippen molar-refractivity contribution >= 4 is 17.5 Å². The summed E-state index contributed by atoms with van der Waals surface area (Å²) in [4.78, 5) is 23.6. The first-order valence-corrected chi connectivity index (χ1v) is 6.57. The molecule has 0 radical (unpaired) electrons. The van der Waals surface area contributed by atoms with Crippen molar-refractivity contribution in [3.63, 3.8) is 0 Å². The number of nitrogens with one attached hydrogen (secondary N) is 3. The fourth-order valence-electron chi connectivity index (χ4n) is 2.10. The first-order valence-electron chi connectivity index (χ1n) is 6.57. The maximum absolute atomic E-state index is 12.0. The highest BCUT2D eigenvalue weighted by atomic mass is 16.2. The number of fused-ring (bicyclic) bond motifs is 1. The molecule has 0 aliphatic carbocycles. The SMILES string of the molecule is CCNC(=O)C(C)NC(=O)c1ccc2c(c1)NCC2. The van der Waals surface area contributed by atoms with Crippen LogP contribution < -0.4 is 16.0 Å². The first-order chi connectivity index (χ1) is 9.11. The Morgan fingerprint density at radius 1 is 1.42 bits per heavy atom. The number of anilines is 1. The van der Waals surface area contributed by atoms with E-state index in [2.05, 4.69) is 16.0 Å². The third-order valence-electron chi connectivity index (χ3n) is 3.17. The Kier molecular flexibility index (Phi) is 4.04. The maximum atomic E-state index is 12.0. The normalized spacial score (nSPS) is 14.2. The zero-order valence-corrected chi connectivity index (χ0v) is 11.2. The largest absolute Gasteiger partial charge is 0.384 e. The van der Waals surface area contributed by atoms with Gasteiger partial charge in [0.05, 0.1) is 0 Å². The number of rotatable bonds is 4. The summed E-state index contributed by atoms with van der Waals surface area (Å²) in [6.07, 6.45) is 0.993. The van der Waals surface area contributed by atoms with E-state index >= 15 is 0 Å². The molecule has 102 valence electrons. The minimum absolute atomic E-state index is 0.171. The third-order valence-corrected chi connectivity index (χ3v) is 3.17. The van der Waals surface area contributed by atoms with Gasteiger partial charge in [-0.3, -0.25) is 9.59 Å². The molecule has 1 aromatic carbocycles. The molecule has 1 aromatic rings. The van der Waals surface area contributed by atoms with Gasteiger partial charge in [-0.15, -0.1) is 0 Å². The monoisotopic (exact) mass is 261 g/mol. The smallest absolute Gasteiger partial charge is 0.251 e. The summed E-state index contributed by atoms with van der Waals surface area (Å²) in [7, 11) is 0. The topological polar surface area (TPSA) is 70.2 Å². The van der Waals surface area contributed by atoms with E-state index in [4.69, 9.17) is 0 Å². The molecule has 0 aromatic heterocycles. The van der Waals surface area contributed by atoms with Gasteiger partial charge in [0.25, 0.3) is 5.91 Å². The standard InChI is InChI=1S/C14H19N3O2/c1-3-15-13(18)9(2)17-14(19)11-5-4-10-6-7-16-12(10)8-11/h4-5,8-9,16H,3,6-7H2,1-2H3,(H,15,18)(H,17,19). The van der Waals surface area contributed by atoms with Gasteiger partial charge in [0.1, 0.15) is 6.04 Å². The minimum atomic E-state index is -0.534. The summed E-state index contributed by atoms with van der Waals surface area (Å²) in [5, 5.41) is 8.60. The second-order valence-electron chi connectivity index (χ2n) is 4.64. The van der Waals surface area contributed by atoms with E-state index in [1.165, 1.54) is 5.56 Å². The lowest BCUT2D eigenvalue weighted by Crippen LogP contribution is -2.44. The second kappa shape index (κ2) is 5.73. The van der Waals surface area contributed by atoms with Gasteiger partial charge >= 0.3 is 0 Å². The molecule has 5 heteroatoms. The lowest BCUT2D eigenvalue weighted by atomic mass is 10.1. The summed E-state index contributed by atoms with van der Waals surface area (Å²) < 4.78 is 0. The fourth-order valence-corrected chi connectivity index (χ4v) is 2.10.